The Labute approximate surface area is 97.2 Å². The van der Waals surface area contributed by atoms with Gasteiger partial charge in [0.2, 0.25) is 0 Å². The van der Waals surface area contributed by atoms with Gasteiger partial charge in [0.1, 0.15) is 0 Å². The number of rotatable bonds is 0. The van der Waals surface area contributed by atoms with Crippen molar-refractivity contribution in [1.29, 1.82) is 0 Å². The first kappa shape index (κ1) is 13.9. The Morgan fingerprint density at radius 1 is 1.00 bits per heavy atom. The van der Waals surface area contributed by atoms with Gasteiger partial charge < -0.3 is 0 Å². The van der Waals surface area contributed by atoms with Gasteiger partial charge in [-0.05, 0) is 25.7 Å². The van der Waals surface area contributed by atoms with E-state index in [1.165, 1.54) is 0 Å². The van der Waals surface area contributed by atoms with Gasteiger partial charge in [0.05, 0.1) is 23.4 Å². The molecular weight excluding hydrogens is 252 g/mol. The van der Waals surface area contributed by atoms with Gasteiger partial charge in [-0.15, -0.1) is 0 Å². The third-order valence-corrected chi connectivity index (χ3v) is 5.84. The van der Waals surface area contributed by atoms with Gasteiger partial charge in [-0.3, -0.25) is 4.18 Å². The van der Waals surface area contributed by atoms with Crippen molar-refractivity contribution in [2.75, 3.05) is 17.3 Å². The summed E-state index contributed by atoms with van der Waals surface area (Å²) in [5.41, 5.74) is 0. The van der Waals surface area contributed by atoms with E-state index in [1.54, 1.807) is 6.92 Å². The van der Waals surface area contributed by atoms with Crippen LogP contribution < -0.4 is 0 Å². The highest BCUT2D eigenvalue weighted by molar-refractivity contribution is 7.91. The fourth-order valence-electron chi connectivity index (χ4n) is 1.64. The Bertz CT molecular complexity index is 381. The fourth-order valence-corrected chi connectivity index (χ4v) is 4.91. The van der Waals surface area contributed by atoms with Crippen molar-refractivity contribution >= 4 is 20.0 Å². The maximum absolute atomic E-state index is 10.6. The molecule has 0 aromatic heterocycles. The molecule has 0 aliphatic carbocycles. The molecule has 2 fully saturated rings. The standard InChI is InChI=1S/C5H10O2S.C4H8O3S/c1-5-2-3-8(6,7)4-5;1-4-2-3-8(5,6)7-4/h5H,2-4H2,1H3;4H,2-3H2,1H3. The molecule has 2 rings (SSSR count). The van der Waals surface area contributed by atoms with Crippen LogP contribution in [0.2, 0.25) is 0 Å². The minimum atomic E-state index is -3.10. The fraction of sp³-hybridized carbons (Fsp3) is 1.00. The summed E-state index contributed by atoms with van der Waals surface area (Å²) in [5, 5.41) is 0. The summed E-state index contributed by atoms with van der Waals surface area (Å²) in [4.78, 5) is 0. The monoisotopic (exact) mass is 270 g/mol. The smallest absolute Gasteiger partial charge is 0.267 e. The van der Waals surface area contributed by atoms with Crippen LogP contribution >= 0.6 is 0 Å². The third-order valence-electron chi connectivity index (χ3n) is 2.55. The molecule has 0 spiro atoms. The van der Waals surface area contributed by atoms with Crippen LogP contribution in [0, 0.1) is 5.92 Å². The zero-order valence-corrected chi connectivity index (χ0v) is 11.2. The molecule has 2 heterocycles. The van der Waals surface area contributed by atoms with Crippen LogP contribution in [-0.4, -0.2) is 40.2 Å². The molecule has 0 aromatic carbocycles. The Hall–Kier alpha value is -0.140. The van der Waals surface area contributed by atoms with Crippen LogP contribution in [0.1, 0.15) is 26.7 Å². The lowest BCUT2D eigenvalue weighted by Crippen LogP contribution is -2.01. The first-order valence-corrected chi connectivity index (χ1v) is 8.71. The summed E-state index contributed by atoms with van der Waals surface area (Å²) >= 11 is 0. The van der Waals surface area contributed by atoms with E-state index in [0.717, 1.165) is 6.42 Å². The normalized spacial score (nSPS) is 35.4. The topological polar surface area (TPSA) is 77.5 Å². The molecule has 2 saturated heterocycles. The highest BCUT2D eigenvalue weighted by atomic mass is 32.2. The average Bonchev–Trinajstić information content (AvgIpc) is 2.56. The molecule has 5 nitrogen and oxygen atoms in total. The Balaban J connectivity index is 0.000000160. The minimum absolute atomic E-state index is 0.0972. The van der Waals surface area contributed by atoms with Gasteiger partial charge in [-0.2, -0.15) is 8.42 Å². The molecular formula is C9H18O5S2. The average molecular weight is 270 g/mol. The van der Waals surface area contributed by atoms with Crippen molar-refractivity contribution in [1.82, 2.24) is 0 Å². The lowest BCUT2D eigenvalue weighted by Gasteiger charge is -1.93. The highest BCUT2D eigenvalue weighted by Crippen LogP contribution is 2.16. The first-order chi connectivity index (χ1) is 7.20. The van der Waals surface area contributed by atoms with Crippen molar-refractivity contribution in [2.45, 2.75) is 32.8 Å². The summed E-state index contributed by atoms with van der Waals surface area (Å²) in [6.07, 6.45) is 1.41. The SMILES string of the molecule is CC1CCS(=O)(=O)C1.CC1CCS(=O)(=O)O1. The zero-order valence-electron chi connectivity index (χ0n) is 9.55. The second-order valence-corrected chi connectivity index (χ2v) is 8.41. The van der Waals surface area contributed by atoms with E-state index in [0.29, 0.717) is 23.8 Å². The second-order valence-electron chi connectivity index (χ2n) is 4.47. The maximum Gasteiger partial charge on any atom is 0.267 e. The van der Waals surface area contributed by atoms with Crippen molar-refractivity contribution in [3.05, 3.63) is 0 Å². The molecule has 2 aliphatic heterocycles. The number of hydrogen-bond acceptors (Lipinski definition) is 5. The molecule has 16 heavy (non-hydrogen) atoms. The molecule has 2 aliphatic rings. The lowest BCUT2D eigenvalue weighted by atomic mass is 10.2. The quantitative estimate of drug-likeness (QED) is 0.601. The summed E-state index contributed by atoms with van der Waals surface area (Å²) < 4.78 is 46.6. The lowest BCUT2D eigenvalue weighted by molar-refractivity contribution is 0.258. The summed E-state index contributed by atoms with van der Waals surface area (Å²) in [5.74, 6) is 1.41. The summed E-state index contributed by atoms with van der Waals surface area (Å²) in [6, 6.07) is 0. The predicted octanol–water partition coefficient (Wildman–Crippen LogP) is 0.566. The molecule has 0 N–H and O–H groups in total. The molecule has 0 bridgehead atoms. The Morgan fingerprint density at radius 3 is 1.75 bits per heavy atom. The van der Waals surface area contributed by atoms with Gasteiger partial charge in [0.25, 0.3) is 10.1 Å². The van der Waals surface area contributed by atoms with E-state index in [4.69, 9.17) is 0 Å². The van der Waals surface area contributed by atoms with E-state index in [-0.39, 0.29) is 11.9 Å². The van der Waals surface area contributed by atoms with E-state index < -0.39 is 20.0 Å². The molecule has 0 radical (unpaired) electrons. The molecule has 0 amide bonds. The molecule has 2 unspecified atom stereocenters. The molecule has 96 valence electrons. The molecule has 7 heteroatoms. The first-order valence-electron chi connectivity index (χ1n) is 5.31. The molecule has 0 aromatic rings. The number of hydrogen-bond donors (Lipinski definition) is 0. The van der Waals surface area contributed by atoms with E-state index in [9.17, 15) is 16.8 Å². The maximum atomic E-state index is 10.6. The van der Waals surface area contributed by atoms with Crippen molar-refractivity contribution in [2.24, 2.45) is 5.92 Å². The summed E-state index contributed by atoms with van der Waals surface area (Å²) in [7, 11) is -5.69. The zero-order chi connectivity index (χ0) is 12.4. The van der Waals surface area contributed by atoms with Gasteiger partial charge in [-0.25, -0.2) is 8.42 Å². The Morgan fingerprint density at radius 2 is 1.62 bits per heavy atom. The largest absolute Gasteiger partial charge is 0.267 e. The van der Waals surface area contributed by atoms with Crippen LogP contribution in [0.3, 0.4) is 0 Å². The van der Waals surface area contributed by atoms with Crippen LogP contribution in [0.15, 0.2) is 0 Å². The number of sulfone groups is 1. The Kier molecular flexibility index (Phi) is 4.36. The van der Waals surface area contributed by atoms with Crippen LogP contribution in [0.5, 0.6) is 0 Å². The van der Waals surface area contributed by atoms with Crippen molar-refractivity contribution < 1.29 is 21.0 Å². The third kappa shape index (κ3) is 4.80. The molecule has 2 atom stereocenters. The van der Waals surface area contributed by atoms with Gasteiger partial charge in [0, 0.05) is 0 Å². The second kappa shape index (κ2) is 5.01. The van der Waals surface area contributed by atoms with E-state index in [2.05, 4.69) is 4.18 Å². The van der Waals surface area contributed by atoms with Gasteiger partial charge in [0.15, 0.2) is 9.84 Å². The van der Waals surface area contributed by atoms with Crippen LogP contribution in [0.4, 0.5) is 0 Å². The van der Waals surface area contributed by atoms with Crippen molar-refractivity contribution in [3.63, 3.8) is 0 Å². The van der Waals surface area contributed by atoms with Gasteiger partial charge in [-0.1, -0.05) is 6.92 Å². The molecule has 0 saturated carbocycles. The van der Waals surface area contributed by atoms with Crippen LogP contribution in [-0.2, 0) is 24.1 Å². The predicted molar refractivity (Wildman–Crippen MR) is 61.4 cm³/mol. The van der Waals surface area contributed by atoms with E-state index in [1.807, 2.05) is 6.92 Å². The van der Waals surface area contributed by atoms with Crippen LogP contribution in [0.25, 0.3) is 0 Å². The van der Waals surface area contributed by atoms with E-state index >= 15 is 0 Å². The minimum Gasteiger partial charge on any atom is -0.267 e. The van der Waals surface area contributed by atoms with Crippen molar-refractivity contribution in [3.8, 4) is 0 Å². The highest BCUT2D eigenvalue weighted by Gasteiger charge is 2.24. The summed E-state index contributed by atoms with van der Waals surface area (Å²) in [6.45, 7) is 3.73. The van der Waals surface area contributed by atoms with Gasteiger partial charge >= 0.3 is 0 Å².